The highest BCUT2D eigenvalue weighted by Crippen LogP contribution is 2.30. The normalized spacial score (nSPS) is 17.8. The number of amidine groups is 1. The second kappa shape index (κ2) is 11.0. The first kappa shape index (κ1) is 24.9. The highest BCUT2D eigenvalue weighted by Gasteiger charge is 2.29. The molecule has 0 aliphatic carbocycles. The van der Waals surface area contributed by atoms with Crippen LogP contribution in [0.4, 0.5) is 0 Å². The molecule has 2 aromatic rings. The summed E-state index contributed by atoms with van der Waals surface area (Å²) in [6, 6.07) is 9.86. The van der Waals surface area contributed by atoms with Gasteiger partial charge in [0.25, 0.3) is 0 Å². The van der Waals surface area contributed by atoms with E-state index >= 15 is 0 Å². The van der Waals surface area contributed by atoms with Gasteiger partial charge in [0, 0.05) is 14.5 Å². The van der Waals surface area contributed by atoms with Crippen molar-refractivity contribution < 1.29 is 17.4 Å². The van der Waals surface area contributed by atoms with Gasteiger partial charge in [-0.25, -0.2) is 0 Å². The lowest BCUT2D eigenvalue weighted by Crippen LogP contribution is -2.24. The summed E-state index contributed by atoms with van der Waals surface area (Å²) in [6.07, 6.45) is 4.18. The van der Waals surface area contributed by atoms with Gasteiger partial charge in [0.1, 0.15) is 4.90 Å². The molecule has 1 atom stereocenters. The third-order valence-electron chi connectivity index (χ3n) is 4.47. The van der Waals surface area contributed by atoms with Crippen LogP contribution in [0.25, 0.3) is 0 Å². The monoisotopic (exact) mass is 601 g/mol. The molecule has 7 nitrogen and oxygen atoms in total. The fraction of sp³-hybridized carbons (Fsp3) is 0.286. The Hall–Kier alpha value is -1.69. The first-order chi connectivity index (χ1) is 15.2. The minimum atomic E-state index is -4.10. The number of aryl methyl sites for hydroxylation is 1. The van der Waals surface area contributed by atoms with Crippen molar-refractivity contribution in [2.75, 3.05) is 0 Å². The van der Waals surface area contributed by atoms with Gasteiger partial charge in [-0.3, -0.25) is 4.79 Å². The zero-order valence-corrected chi connectivity index (χ0v) is 22.1. The number of amides is 1. The summed E-state index contributed by atoms with van der Waals surface area (Å²) >= 11 is 7.88. The van der Waals surface area contributed by atoms with Crippen LogP contribution in [0.5, 0.6) is 5.75 Å². The fourth-order valence-electron chi connectivity index (χ4n) is 2.85. The molecule has 32 heavy (non-hydrogen) atoms. The molecule has 1 aliphatic heterocycles. The summed E-state index contributed by atoms with van der Waals surface area (Å²) in [5.74, 6) is 0.0537. The molecule has 3 rings (SSSR count). The molecule has 1 unspecified atom stereocenters. The number of carbonyl (C=O) groups excluding carboxylic acids is 1. The number of nitrogens with one attached hydrogen (secondary N) is 1. The number of hydrogen-bond donors (Lipinski definition) is 1. The van der Waals surface area contributed by atoms with Crippen LogP contribution in [0, 0.1) is 6.92 Å². The Morgan fingerprint density at radius 2 is 2.00 bits per heavy atom. The SMILES string of the molecule is CCCCC1SC(=NN=Cc2cc(C)ccc2OS(=O)(=O)c2cc(Br)ccc2Br)NC1=O. The Morgan fingerprint density at radius 3 is 2.75 bits per heavy atom. The first-order valence-electron chi connectivity index (χ1n) is 9.78. The van der Waals surface area contributed by atoms with E-state index in [1.54, 1.807) is 30.3 Å². The van der Waals surface area contributed by atoms with Gasteiger partial charge >= 0.3 is 10.1 Å². The molecular formula is C21H21Br2N3O4S2. The molecule has 170 valence electrons. The molecule has 2 aromatic carbocycles. The van der Waals surface area contributed by atoms with E-state index in [2.05, 4.69) is 54.3 Å². The van der Waals surface area contributed by atoms with Crippen molar-refractivity contribution in [3.63, 3.8) is 0 Å². The van der Waals surface area contributed by atoms with Gasteiger partial charge in [0.15, 0.2) is 10.9 Å². The standard InChI is InChI=1S/C21H21Br2N3O4S2/c1-3-4-5-18-20(27)25-21(31-18)26-24-12-14-10-13(2)6-9-17(14)30-32(28,29)19-11-15(22)7-8-16(19)23/h6-12,18H,3-5H2,1-2H3,(H,25,26,27). The van der Waals surface area contributed by atoms with E-state index in [0.29, 0.717) is 19.7 Å². The predicted molar refractivity (Wildman–Crippen MR) is 135 cm³/mol. The molecule has 0 aromatic heterocycles. The van der Waals surface area contributed by atoms with Gasteiger partial charge < -0.3 is 9.50 Å². The fourth-order valence-corrected chi connectivity index (χ4v) is 6.24. The van der Waals surface area contributed by atoms with E-state index in [4.69, 9.17) is 4.18 Å². The molecule has 11 heteroatoms. The molecule has 1 fully saturated rings. The van der Waals surface area contributed by atoms with Crippen molar-refractivity contribution in [3.8, 4) is 5.75 Å². The van der Waals surface area contributed by atoms with Gasteiger partial charge in [0.05, 0.1) is 11.5 Å². The summed E-state index contributed by atoms with van der Waals surface area (Å²) < 4.78 is 32.1. The van der Waals surface area contributed by atoms with Crippen LogP contribution < -0.4 is 9.50 Å². The van der Waals surface area contributed by atoms with E-state index < -0.39 is 10.1 Å². The largest absolute Gasteiger partial charge is 0.378 e. The summed E-state index contributed by atoms with van der Waals surface area (Å²) in [5.41, 5.74) is 1.34. The lowest BCUT2D eigenvalue weighted by molar-refractivity contribution is -0.118. The molecule has 1 N–H and O–H groups in total. The van der Waals surface area contributed by atoms with Crippen LogP contribution >= 0.6 is 43.6 Å². The number of thioether (sulfide) groups is 1. The van der Waals surface area contributed by atoms with E-state index in [-0.39, 0.29) is 21.8 Å². The van der Waals surface area contributed by atoms with Crippen LogP contribution in [-0.4, -0.2) is 31.0 Å². The quantitative estimate of drug-likeness (QED) is 0.248. The number of carbonyl (C=O) groups is 1. The number of halogens is 2. The minimum absolute atomic E-state index is 0.00114. The lowest BCUT2D eigenvalue weighted by atomic mass is 10.1. The third-order valence-corrected chi connectivity index (χ3v) is 8.33. The molecule has 1 aliphatic rings. The Labute approximate surface area is 208 Å². The van der Waals surface area contributed by atoms with Crippen LogP contribution in [0.1, 0.15) is 37.3 Å². The topological polar surface area (TPSA) is 97.2 Å². The average molecular weight is 603 g/mol. The van der Waals surface area contributed by atoms with Crippen molar-refractivity contribution >= 4 is 71.0 Å². The Morgan fingerprint density at radius 1 is 1.22 bits per heavy atom. The number of hydrogen-bond acceptors (Lipinski definition) is 7. The summed E-state index contributed by atoms with van der Waals surface area (Å²) in [7, 11) is -4.10. The van der Waals surface area contributed by atoms with Crippen LogP contribution in [-0.2, 0) is 14.9 Å². The summed E-state index contributed by atoms with van der Waals surface area (Å²) in [5, 5.41) is 11.1. The smallest absolute Gasteiger partial charge is 0.340 e. The number of rotatable bonds is 8. The Balaban J connectivity index is 1.81. The van der Waals surface area contributed by atoms with Crippen molar-refractivity contribution in [2.24, 2.45) is 10.2 Å². The van der Waals surface area contributed by atoms with Gasteiger partial charge in [-0.1, -0.05) is 59.1 Å². The zero-order valence-electron chi connectivity index (χ0n) is 17.3. The molecule has 1 saturated heterocycles. The highest BCUT2D eigenvalue weighted by atomic mass is 79.9. The number of benzene rings is 2. The van der Waals surface area contributed by atoms with Crippen molar-refractivity contribution in [2.45, 2.75) is 43.3 Å². The molecule has 1 heterocycles. The maximum atomic E-state index is 12.9. The van der Waals surface area contributed by atoms with Crippen LogP contribution in [0.3, 0.4) is 0 Å². The summed E-state index contributed by atoms with van der Waals surface area (Å²) in [6.45, 7) is 3.95. The second-order valence-corrected chi connectivity index (χ2v) is 11.5. The highest BCUT2D eigenvalue weighted by molar-refractivity contribution is 9.11. The third kappa shape index (κ3) is 6.43. The molecule has 0 bridgehead atoms. The minimum Gasteiger partial charge on any atom is -0.378 e. The molecule has 1 amide bonds. The lowest BCUT2D eigenvalue weighted by Gasteiger charge is -2.11. The number of nitrogens with zero attached hydrogens (tertiary/aromatic N) is 2. The van der Waals surface area contributed by atoms with Gasteiger partial charge in [0.2, 0.25) is 5.91 Å². The van der Waals surface area contributed by atoms with E-state index in [9.17, 15) is 13.2 Å². The molecule has 0 spiro atoms. The predicted octanol–water partition coefficient (Wildman–Crippen LogP) is 5.40. The maximum Gasteiger partial charge on any atom is 0.340 e. The Bertz CT molecular complexity index is 1180. The van der Waals surface area contributed by atoms with Crippen molar-refractivity contribution in [1.29, 1.82) is 0 Å². The molecule has 0 saturated carbocycles. The van der Waals surface area contributed by atoms with Crippen molar-refractivity contribution in [3.05, 3.63) is 56.5 Å². The van der Waals surface area contributed by atoms with Crippen molar-refractivity contribution in [1.82, 2.24) is 5.32 Å². The van der Waals surface area contributed by atoms with E-state index in [1.807, 2.05) is 6.92 Å². The first-order valence-corrected chi connectivity index (χ1v) is 13.7. The van der Waals surface area contributed by atoms with E-state index in [0.717, 1.165) is 24.8 Å². The molecular weight excluding hydrogens is 582 g/mol. The van der Waals surface area contributed by atoms with Crippen LogP contribution in [0.2, 0.25) is 0 Å². The van der Waals surface area contributed by atoms with E-state index in [1.165, 1.54) is 24.0 Å². The summed E-state index contributed by atoms with van der Waals surface area (Å²) in [4.78, 5) is 12.0. The Kier molecular flexibility index (Phi) is 8.54. The van der Waals surface area contributed by atoms with Gasteiger partial charge in [-0.05, 0) is 59.6 Å². The molecule has 0 radical (unpaired) electrons. The van der Waals surface area contributed by atoms with Gasteiger partial charge in [-0.2, -0.15) is 13.5 Å². The number of unbranched alkanes of at least 4 members (excludes halogenated alkanes) is 1. The maximum absolute atomic E-state index is 12.9. The van der Waals surface area contributed by atoms with Gasteiger partial charge in [-0.15, -0.1) is 5.10 Å². The average Bonchev–Trinajstić information content (AvgIpc) is 3.09. The van der Waals surface area contributed by atoms with Crippen LogP contribution in [0.15, 0.2) is 60.4 Å². The second-order valence-electron chi connectivity index (χ2n) is 7.04. The zero-order chi connectivity index (χ0) is 23.3.